The zero-order chi connectivity index (χ0) is 7.40. The van der Waals surface area contributed by atoms with Crippen molar-refractivity contribution in [3.05, 3.63) is 29.6 Å². The second kappa shape index (κ2) is 4.67. The number of pyridine rings is 1. The third-order valence-corrected chi connectivity index (χ3v) is 1.17. The fraction of sp³-hybridized carbons (Fsp3) is 0.143. The molecule has 58 valence electrons. The van der Waals surface area contributed by atoms with E-state index < -0.39 is 0 Å². The summed E-state index contributed by atoms with van der Waals surface area (Å²) in [5, 5.41) is 8.36. The molecular weight excluding hydrogens is 162 g/mol. The fourth-order valence-electron chi connectivity index (χ4n) is 0.611. The molecule has 11 heavy (non-hydrogen) atoms. The van der Waals surface area contributed by atoms with Gasteiger partial charge in [-0.15, -0.1) is 12.4 Å². The molecule has 0 bridgehead atoms. The third-order valence-electron chi connectivity index (χ3n) is 1.17. The van der Waals surface area contributed by atoms with E-state index in [1.165, 1.54) is 0 Å². The average Bonchev–Trinajstić information content (AvgIpc) is 2.05. The van der Waals surface area contributed by atoms with Crippen LogP contribution < -0.4 is 5.73 Å². The minimum absolute atomic E-state index is 0. The number of hydrogen-bond acceptors (Lipinski definition) is 3. The van der Waals surface area contributed by atoms with E-state index >= 15 is 0 Å². The van der Waals surface area contributed by atoms with Crippen LogP contribution in [0.1, 0.15) is 11.3 Å². The number of aromatic nitrogens is 1. The zero-order valence-electron chi connectivity index (χ0n) is 5.82. The molecule has 1 aromatic rings. The topological polar surface area (TPSA) is 62.7 Å². The minimum atomic E-state index is 0. The molecule has 0 amide bonds. The second-order valence-electron chi connectivity index (χ2n) is 1.87. The Morgan fingerprint density at radius 3 is 2.64 bits per heavy atom. The van der Waals surface area contributed by atoms with Crippen LogP contribution in [-0.2, 0) is 6.54 Å². The third kappa shape index (κ3) is 2.54. The van der Waals surface area contributed by atoms with E-state index in [1.807, 2.05) is 6.07 Å². The predicted molar refractivity (Wildman–Crippen MR) is 44.1 cm³/mol. The van der Waals surface area contributed by atoms with Crippen molar-refractivity contribution in [2.75, 3.05) is 0 Å². The van der Waals surface area contributed by atoms with Crippen molar-refractivity contribution in [1.82, 2.24) is 4.98 Å². The Morgan fingerprint density at radius 2 is 2.27 bits per heavy atom. The first-order valence-corrected chi connectivity index (χ1v) is 2.92. The lowest BCUT2D eigenvalue weighted by Gasteiger charge is -1.92. The van der Waals surface area contributed by atoms with Gasteiger partial charge < -0.3 is 5.73 Å². The molecule has 4 heteroatoms. The second-order valence-corrected chi connectivity index (χ2v) is 1.87. The highest BCUT2D eigenvalue weighted by molar-refractivity contribution is 5.85. The van der Waals surface area contributed by atoms with Crippen LogP contribution in [0.15, 0.2) is 18.3 Å². The van der Waals surface area contributed by atoms with Crippen LogP contribution in [0.3, 0.4) is 0 Å². The summed E-state index contributed by atoms with van der Waals surface area (Å²) in [4.78, 5) is 3.83. The molecule has 3 nitrogen and oxygen atoms in total. The zero-order valence-corrected chi connectivity index (χ0v) is 6.64. The standard InChI is InChI=1S/C7H7N3.ClH/c8-3-6-1-2-7(4-9)10-5-6;/h1-2,5H,3,8H2;1H. The Labute approximate surface area is 71.3 Å². The number of halogens is 1. The van der Waals surface area contributed by atoms with Gasteiger partial charge in [-0.1, -0.05) is 6.07 Å². The number of rotatable bonds is 1. The Balaban J connectivity index is 0.000001000. The largest absolute Gasteiger partial charge is 0.326 e. The highest BCUT2D eigenvalue weighted by Crippen LogP contribution is 1.96. The smallest absolute Gasteiger partial charge is 0.140 e. The molecule has 2 N–H and O–H groups in total. The first-order chi connectivity index (χ1) is 4.86. The lowest BCUT2D eigenvalue weighted by molar-refractivity contribution is 1.04. The molecule has 1 aromatic heterocycles. The Bertz CT molecular complexity index is 249. The summed E-state index contributed by atoms with van der Waals surface area (Å²) in [6.07, 6.45) is 1.61. The van der Waals surface area contributed by atoms with Gasteiger partial charge in [-0.25, -0.2) is 4.98 Å². The van der Waals surface area contributed by atoms with E-state index in [1.54, 1.807) is 18.3 Å². The summed E-state index contributed by atoms with van der Waals surface area (Å²) in [5.74, 6) is 0. The van der Waals surface area contributed by atoms with Gasteiger partial charge in [0, 0.05) is 12.7 Å². The van der Waals surface area contributed by atoms with Crippen LogP contribution in [0.25, 0.3) is 0 Å². The monoisotopic (exact) mass is 169 g/mol. The summed E-state index contributed by atoms with van der Waals surface area (Å²) in [6, 6.07) is 5.38. The van der Waals surface area contributed by atoms with Gasteiger partial charge in [0.25, 0.3) is 0 Å². The van der Waals surface area contributed by atoms with Gasteiger partial charge in [0.2, 0.25) is 0 Å². The number of hydrogen-bond donors (Lipinski definition) is 1. The van der Waals surface area contributed by atoms with Crippen LogP contribution in [-0.4, -0.2) is 4.98 Å². The van der Waals surface area contributed by atoms with E-state index in [0.29, 0.717) is 12.2 Å². The summed E-state index contributed by atoms with van der Waals surface area (Å²) in [5.41, 5.74) is 6.69. The molecular formula is C7H8ClN3. The maximum absolute atomic E-state index is 8.36. The SMILES string of the molecule is Cl.N#Cc1ccc(CN)cn1. The Hall–Kier alpha value is -1.11. The van der Waals surface area contributed by atoms with E-state index in [4.69, 9.17) is 11.0 Å². The van der Waals surface area contributed by atoms with Crippen LogP contribution in [0.2, 0.25) is 0 Å². The van der Waals surface area contributed by atoms with Gasteiger partial charge in [0.05, 0.1) is 0 Å². The van der Waals surface area contributed by atoms with Crippen molar-refractivity contribution < 1.29 is 0 Å². The molecule has 0 fully saturated rings. The minimum Gasteiger partial charge on any atom is -0.326 e. The van der Waals surface area contributed by atoms with Crippen molar-refractivity contribution in [2.45, 2.75) is 6.54 Å². The molecule has 0 aliphatic rings. The molecule has 0 aliphatic heterocycles. The van der Waals surface area contributed by atoms with Crippen molar-refractivity contribution in [3.63, 3.8) is 0 Å². The normalized spacial score (nSPS) is 8.00. The summed E-state index contributed by atoms with van der Waals surface area (Å²) >= 11 is 0. The first kappa shape index (κ1) is 9.89. The molecule has 0 saturated heterocycles. The predicted octanol–water partition coefficient (Wildman–Crippen LogP) is 0.834. The van der Waals surface area contributed by atoms with Crippen LogP contribution in [0.5, 0.6) is 0 Å². The van der Waals surface area contributed by atoms with Gasteiger partial charge in [0.15, 0.2) is 0 Å². The maximum atomic E-state index is 8.36. The Kier molecular flexibility index (Phi) is 4.20. The fourth-order valence-corrected chi connectivity index (χ4v) is 0.611. The van der Waals surface area contributed by atoms with Gasteiger partial charge in [-0.3, -0.25) is 0 Å². The average molecular weight is 170 g/mol. The first-order valence-electron chi connectivity index (χ1n) is 2.92. The lowest BCUT2D eigenvalue weighted by atomic mass is 10.2. The number of nitrogens with zero attached hydrogens (tertiary/aromatic N) is 2. The number of nitrogens with two attached hydrogens (primary N) is 1. The quantitative estimate of drug-likeness (QED) is 0.678. The van der Waals surface area contributed by atoms with Crippen LogP contribution >= 0.6 is 12.4 Å². The van der Waals surface area contributed by atoms with Crippen LogP contribution in [0.4, 0.5) is 0 Å². The van der Waals surface area contributed by atoms with E-state index in [9.17, 15) is 0 Å². The molecule has 0 radical (unpaired) electrons. The maximum Gasteiger partial charge on any atom is 0.140 e. The van der Waals surface area contributed by atoms with Crippen LogP contribution in [0, 0.1) is 11.3 Å². The molecule has 1 heterocycles. The van der Waals surface area contributed by atoms with E-state index in [0.717, 1.165) is 5.56 Å². The van der Waals surface area contributed by atoms with E-state index in [2.05, 4.69) is 4.98 Å². The highest BCUT2D eigenvalue weighted by atomic mass is 35.5. The van der Waals surface area contributed by atoms with Crippen molar-refractivity contribution in [1.29, 1.82) is 5.26 Å². The van der Waals surface area contributed by atoms with Crippen molar-refractivity contribution in [2.24, 2.45) is 5.73 Å². The Morgan fingerprint density at radius 1 is 1.55 bits per heavy atom. The summed E-state index contributed by atoms with van der Waals surface area (Å²) < 4.78 is 0. The van der Waals surface area contributed by atoms with Gasteiger partial charge in [-0.2, -0.15) is 5.26 Å². The molecule has 0 saturated carbocycles. The van der Waals surface area contributed by atoms with Gasteiger partial charge in [-0.05, 0) is 11.6 Å². The highest BCUT2D eigenvalue weighted by Gasteiger charge is 1.90. The lowest BCUT2D eigenvalue weighted by Crippen LogP contribution is -1.96. The number of nitriles is 1. The molecule has 0 aliphatic carbocycles. The molecule has 0 unspecified atom stereocenters. The summed E-state index contributed by atoms with van der Waals surface area (Å²) in [7, 11) is 0. The molecule has 0 aromatic carbocycles. The van der Waals surface area contributed by atoms with Crippen molar-refractivity contribution >= 4 is 12.4 Å². The van der Waals surface area contributed by atoms with Crippen molar-refractivity contribution in [3.8, 4) is 6.07 Å². The molecule has 0 atom stereocenters. The van der Waals surface area contributed by atoms with E-state index in [-0.39, 0.29) is 12.4 Å². The molecule has 1 rings (SSSR count). The van der Waals surface area contributed by atoms with Gasteiger partial charge in [0.1, 0.15) is 11.8 Å². The molecule has 0 spiro atoms. The summed E-state index contributed by atoms with van der Waals surface area (Å²) in [6.45, 7) is 0.471. The van der Waals surface area contributed by atoms with Gasteiger partial charge >= 0.3 is 0 Å².